The van der Waals surface area contributed by atoms with Crippen LogP contribution in [0.4, 0.5) is 5.82 Å². The molecule has 24 heavy (non-hydrogen) atoms. The van der Waals surface area contributed by atoms with Crippen LogP contribution in [0, 0.1) is 6.92 Å². The summed E-state index contributed by atoms with van der Waals surface area (Å²) >= 11 is 0. The maximum Gasteiger partial charge on any atom is 0.164 e. The predicted octanol–water partition coefficient (Wildman–Crippen LogP) is 2.30. The summed E-state index contributed by atoms with van der Waals surface area (Å²) in [5, 5.41) is 4.38. The summed E-state index contributed by atoms with van der Waals surface area (Å²) in [5.74, 6) is 2.07. The van der Waals surface area contributed by atoms with E-state index in [1.807, 2.05) is 13.1 Å². The number of allylic oxidation sites excluding steroid dienone is 2. The number of nitrogens with two attached hydrogens (primary N) is 1. The molecule has 0 saturated carbocycles. The molecule has 2 aromatic rings. The van der Waals surface area contributed by atoms with Gasteiger partial charge in [-0.15, -0.1) is 0 Å². The average Bonchev–Trinajstić information content (AvgIpc) is 2.58. The zero-order chi connectivity index (χ0) is 16.6. The van der Waals surface area contributed by atoms with Gasteiger partial charge in [-0.2, -0.15) is 0 Å². The number of aromatic nitrogens is 3. The summed E-state index contributed by atoms with van der Waals surface area (Å²) < 4.78 is 5.23. The number of nitrogens with zero attached hydrogens (tertiary/aromatic N) is 3. The van der Waals surface area contributed by atoms with Crippen molar-refractivity contribution in [1.29, 1.82) is 0 Å². The zero-order valence-electron chi connectivity index (χ0n) is 14.0. The van der Waals surface area contributed by atoms with Crippen molar-refractivity contribution in [2.45, 2.75) is 37.6 Å². The van der Waals surface area contributed by atoms with E-state index >= 15 is 0 Å². The number of anilines is 1. The second-order valence-corrected chi connectivity index (χ2v) is 7.00. The highest BCUT2D eigenvalue weighted by Crippen LogP contribution is 2.30. The number of ether oxygens (including phenoxy) is 1. The molecule has 1 saturated heterocycles. The van der Waals surface area contributed by atoms with Crippen molar-refractivity contribution < 1.29 is 4.74 Å². The standard InChI is InChI=1S/C18H23N5O/c1-12-7-14-16(20-8-12)22-15(13-5-3-2-4-6-13)23-17(14)21-9-18(19)10-24-11-18/h2-3,7-8,13H,4-6,9-11,19H2,1H3,(H,20,21,22,23). The number of nitrogens with one attached hydrogen (secondary N) is 1. The van der Waals surface area contributed by atoms with Crippen molar-refractivity contribution >= 4 is 16.9 Å². The van der Waals surface area contributed by atoms with Crippen LogP contribution in [0.5, 0.6) is 0 Å². The van der Waals surface area contributed by atoms with Crippen molar-refractivity contribution in [3.63, 3.8) is 0 Å². The SMILES string of the molecule is Cc1cnc2nc(C3CC=CCC3)nc(NCC3(N)COC3)c2c1. The Balaban J connectivity index is 1.70. The second-order valence-electron chi connectivity index (χ2n) is 7.00. The maximum absolute atomic E-state index is 6.25. The Morgan fingerprint density at radius 2 is 2.21 bits per heavy atom. The third-order valence-electron chi connectivity index (χ3n) is 4.73. The highest BCUT2D eigenvalue weighted by molar-refractivity contribution is 5.86. The minimum atomic E-state index is -0.303. The molecule has 4 rings (SSSR count). The van der Waals surface area contributed by atoms with Crippen molar-refractivity contribution in [3.05, 3.63) is 35.8 Å². The minimum Gasteiger partial charge on any atom is -0.377 e. The number of rotatable bonds is 4. The van der Waals surface area contributed by atoms with Crippen LogP contribution < -0.4 is 11.1 Å². The number of hydrogen-bond donors (Lipinski definition) is 2. The maximum atomic E-state index is 6.25. The Bertz CT molecular complexity index is 784. The minimum absolute atomic E-state index is 0.303. The lowest BCUT2D eigenvalue weighted by molar-refractivity contribution is -0.0461. The molecule has 6 heteroatoms. The van der Waals surface area contributed by atoms with Crippen LogP contribution in [-0.4, -0.2) is 40.2 Å². The van der Waals surface area contributed by atoms with Crippen molar-refractivity contribution in [3.8, 4) is 0 Å². The highest BCUT2D eigenvalue weighted by atomic mass is 16.5. The molecule has 2 aliphatic rings. The van der Waals surface area contributed by atoms with Crippen LogP contribution in [0.2, 0.25) is 0 Å². The molecule has 0 amide bonds. The Labute approximate surface area is 141 Å². The molecule has 1 aliphatic carbocycles. The lowest BCUT2D eigenvalue weighted by atomic mass is 9.93. The van der Waals surface area contributed by atoms with E-state index in [1.165, 1.54) is 0 Å². The van der Waals surface area contributed by atoms with Crippen LogP contribution in [0.1, 0.15) is 36.6 Å². The zero-order valence-corrected chi connectivity index (χ0v) is 14.0. The largest absolute Gasteiger partial charge is 0.377 e. The third kappa shape index (κ3) is 2.99. The second kappa shape index (κ2) is 6.11. The van der Waals surface area contributed by atoms with E-state index in [2.05, 4.69) is 28.5 Å². The van der Waals surface area contributed by atoms with E-state index < -0.39 is 0 Å². The molecule has 0 aromatic carbocycles. The first-order valence-electron chi connectivity index (χ1n) is 8.53. The molecule has 1 unspecified atom stereocenters. The van der Waals surface area contributed by atoms with Crippen molar-refractivity contribution in [1.82, 2.24) is 15.0 Å². The van der Waals surface area contributed by atoms with Gasteiger partial charge in [-0.05, 0) is 37.8 Å². The van der Waals surface area contributed by atoms with Crippen LogP contribution in [0.15, 0.2) is 24.4 Å². The fraction of sp³-hybridized carbons (Fsp3) is 0.500. The molecular formula is C18H23N5O. The van der Waals surface area contributed by atoms with Gasteiger partial charge in [-0.3, -0.25) is 0 Å². The fourth-order valence-electron chi connectivity index (χ4n) is 3.21. The van der Waals surface area contributed by atoms with E-state index in [1.54, 1.807) is 0 Å². The molecule has 2 aromatic heterocycles. The molecule has 0 spiro atoms. The topological polar surface area (TPSA) is 86.0 Å². The van der Waals surface area contributed by atoms with Crippen LogP contribution in [0.25, 0.3) is 11.0 Å². The average molecular weight is 325 g/mol. The van der Waals surface area contributed by atoms with E-state index in [-0.39, 0.29) is 5.54 Å². The fourth-order valence-corrected chi connectivity index (χ4v) is 3.21. The highest BCUT2D eigenvalue weighted by Gasteiger charge is 2.34. The predicted molar refractivity (Wildman–Crippen MR) is 94.0 cm³/mol. The van der Waals surface area contributed by atoms with E-state index in [0.29, 0.717) is 25.7 Å². The summed E-state index contributed by atoms with van der Waals surface area (Å²) in [5.41, 5.74) is 7.79. The Morgan fingerprint density at radius 3 is 2.92 bits per heavy atom. The summed E-state index contributed by atoms with van der Waals surface area (Å²) in [4.78, 5) is 14.1. The molecule has 3 N–H and O–H groups in total. The smallest absolute Gasteiger partial charge is 0.164 e. The van der Waals surface area contributed by atoms with Crippen LogP contribution in [-0.2, 0) is 4.74 Å². The summed E-state index contributed by atoms with van der Waals surface area (Å²) in [6, 6.07) is 2.08. The summed E-state index contributed by atoms with van der Waals surface area (Å²) in [6.45, 7) is 3.83. The molecule has 3 heterocycles. The van der Waals surface area contributed by atoms with Gasteiger partial charge in [0.1, 0.15) is 11.6 Å². The van der Waals surface area contributed by atoms with Gasteiger partial charge in [0.25, 0.3) is 0 Å². The Hall–Kier alpha value is -2.05. The number of hydrogen-bond acceptors (Lipinski definition) is 6. The lowest BCUT2D eigenvalue weighted by Crippen LogP contribution is -2.61. The van der Waals surface area contributed by atoms with E-state index in [0.717, 1.165) is 47.5 Å². The van der Waals surface area contributed by atoms with Gasteiger partial charge in [0.2, 0.25) is 0 Å². The van der Waals surface area contributed by atoms with Gasteiger partial charge in [0.15, 0.2) is 5.65 Å². The van der Waals surface area contributed by atoms with Gasteiger partial charge in [0, 0.05) is 18.7 Å². The first-order valence-corrected chi connectivity index (χ1v) is 8.53. The van der Waals surface area contributed by atoms with E-state index in [9.17, 15) is 0 Å². The number of pyridine rings is 1. The summed E-state index contributed by atoms with van der Waals surface area (Å²) in [6.07, 6.45) is 9.46. The molecule has 6 nitrogen and oxygen atoms in total. The van der Waals surface area contributed by atoms with E-state index in [4.69, 9.17) is 20.4 Å². The number of aryl methyl sites for hydroxylation is 1. The molecule has 1 atom stereocenters. The lowest BCUT2D eigenvalue weighted by Gasteiger charge is -2.37. The van der Waals surface area contributed by atoms with Gasteiger partial charge in [-0.25, -0.2) is 15.0 Å². The van der Waals surface area contributed by atoms with Gasteiger partial charge in [-0.1, -0.05) is 12.2 Å². The van der Waals surface area contributed by atoms with Crippen LogP contribution in [0.3, 0.4) is 0 Å². The third-order valence-corrected chi connectivity index (χ3v) is 4.73. The molecule has 1 aliphatic heterocycles. The molecular weight excluding hydrogens is 302 g/mol. The monoisotopic (exact) mass is 325 g/mol. The van der Waals surface area contributed by atoms with Gasteiger partial charge in [0.05, 0.1) is 24.1 Å². The van der Waals surface area contributed by atoms with Gasteiger partial charge < -0.3 is 15.8 Å². The Morgan fingerprint density at radius 1 is 1.33 bits per heavy atom. The normalized spacial score (nSPS) is 22.3. The van der Waals surface area contributed by atoms with Crippen LogP contribution >= 0.6 is 0 Å². The first-order chi connectivity index (χ1) is 11.6. The van der Waals surface area contributed by atoms with Crippen molar-refractivity contribution in [2.75, 3.05) is 25.1 Å². The summed E-state index contributed by atoms with van der Waals surface area (Å²) in [7, 11) is 0. The van der Waals surface area contributed by atoms with Gasteiger partial charge >= 0.3 is 0 Å². The molecule has 126 valence electrons. The Kier molecular flexibility index (Phi) is 3.94. The molecule has 1 fully saturated rings. The van der Waals surface area contributed by atoms with Crippen molar-refractivity contribution in [2.24, 2.45) is 5.73 Å². The quantitative estimate of drug-likeness (QED) is 0.839. The molecule has 0 radical (unpaired) electrons. The molecule has 0 bridgehead atoms. The number of fused-ring (bicyclic) bond motifs is 1. The first kappa shape index (κ1) is 15.5.